The Labute approximate surface area is 92.8 Å². The van der Waals surface area contributed by atoms with E-state index >= 15 is 0 Å². The molecule has 0 saturated heterocycles. The van der Waals surface area contributed by atoms with Crippen molar-refractivity contribution in [1.82, 2.24) is 0 Å². The van der Waals surface area contributed by atoms with E-state index < -0.39 is 0 Å². The SMILES string of the molecule is Nc1[nH+]c(C2(c3ccccc3)CC2)cs1. The molecule has 0 amide bonds. The minimum atomic E-state index is 0.232. The number of rotatable bonds is 2. The normalized spacial score (nSPS) is 17.6. The fourth-order valence-electron chi connectivity index (χ4n) is 2.14. The van der Waals surface area contributed by atoms with Gasteiger partial charge in [0.2, 0.25) is 0 Å². The van der Waals surface area contributed by atoms with Gasteiger partial charge in [-0.15, -0.1) is 0 Å². The minimum absolute atomic E-state index is 0.232. The van der Waals surface area contributed by atoms with Crippen LogP contribution in [0.2, 0.25) is 0 Å². The van der Waals surface area contributed by atoms with E-state index in [0.717, 1.165) is 5.13 Å². The van der Waals surface area contributed by atoms with Gasteiger partial charge in [0.1, 0.15) is 5.69 Å². The molecule has 3 heteroatoms. The van der Waals surface area contributed by atoms with E-state index in [1.54, 1.807) is 11.3 Å². The molecule has 3 N–H and O–H groups in total. The summed E-state index contributed by atoms with van der Waals surface area (Å²) in [7, 11) is 0. The predicted molar refractivity (Wildman–Crippen MR) is 61.7 cm³/mol. The molecular formula is C12H13N2S+. The Bertz CT molecular complexity index is 471. The van der Waals surface area contributed by atoms with Crippen molar-refractivity contribution < 1.29 is 4.98 Å². The van der Waals surface area contributed by atoms with Crippen LogP contribution in [0.15, 0.2) is 35.7 Å². The highest BCUT2D eigenvalue weighted by Gasteiger charge is 2.49. The van der Waals surface area contributed by atoms with Crippen molar-refractivity contribution in [2.45, 2.75) is 18.3 Å². The summed E-state index contributed by atoms with van der Waals surface area (Å²) >= 11 is 1.59. The number of thiazole rings is 1. The molecule has 0 spiro atoms. The molecule has 3 rings (SSSR count). The third-order valence-corrected chi connectivity index (χ3v) is 3.86. The molecule has 76 valence electrons. The highest BCUT2D eigenvalue weighted by Crippen LogP contribution is 2.52. The second-order valence-electron chi connectivity index (χ2n) is 4.09. The van der Waals surface area contributed by atoms with Gasteiger partial charge < -0.3 is 0 Å². The van der Waals surface area contributed by atoms with E-state index in [1.165, 1.54) is 24.1 Å². The molecule has 1 aromatic heterocycles. The van der Waals surface area contributed by atoms with Crippen LogP contribution in [-0.4, -0.2) is 0 Å². The molecule has 0 radical (unpaired) electrons. The fourth-order valence-corrected chi connectivity index (χ4v) is 2.84. The molecule has 0 aliphatic heterocycles. The van der Waals surface area contributed by atoms with Crippen LogP contribution in [0.25, 0.3) is 0 Å². The Kier molecular flexibility index (Phi) is 1.83. The van der Waals surface area contributed by atoms with Crippen LogP contribution in [0.1, 0.15) is 24.1 Å². The minimum Gasteiger partial charge on any atom is -0.278 e. The maximum Gasteiger partial charge on any atom is 0.329 e. The summed E-state index contributed by atoms with van der Waals surface area (Å²) in [5.41, 5.74) is 8.65. The van der Waals surface area contributed by atoms with Crippen LogP contribution < -0.4 is 10.7 Å². The molecule has 15 heavy (non-hydrogen) atoms. The first-order valence-electron chi connectivity index (χ1n) is 5.13. The molecule has 2 nitrogen and oxygen atoms in total. The van der Waals surface area contributed by atoms with Gasteiger partial charge in [0.15, 0.2) is 0 Å². The highest BCUT2D eigenvalue weighted by atomic mass is 32.1. The van der Waals surface area contributed by atoms with Gasteiger partial charge >= 0.3 is 5.13 Å². The molecule has 2 aromatic rings. The Balaban J connectivity index is 2.05. The largest absolute Gasteiger partial charge is 0.329 e. The third kappa shape index (κ3) is 1.35. The van der Waals surface area contributed by atoms with Gasteiger partial charge in [-0.1, -0.05) is 41.7 Å². The smallest absolute Gasteiger partial charge is 0.278 e. The quantitative estimate of drug-likeness (QED) is 0.823. The van der Waals surface area contributed by atoms with E-state index in [9.17, 15) is 0 Å². The summed E-state index contributed by atoms with van der Waals surface area (Å²) in [6.07, 6.45) is 2.45. The van der Waals surface area contributed by atoms with Gasteiger partial charge in [-0.3, -0.25) is 5.73 Å². The van der Waals surface area contributed by atoms with Gasteiger partial charge in [-0.25, -0.2) is 4.98 Å². The number of aromatic nitrogens is 1. The van der Waals surface area contributed by atoms with Crippen molar-refractivity contribution in [3.8, 4) is 0 Å². The standard InChI is InChI=1S/C12H12N2S/c13-11-14-10(8-15-11)12(6-7-12)9-4-2-1-3-5-9/h1-5,8H,6-7H2,(H2,13,14)/p+1. The Morgan fingerprint density at radius 3 is 2.47 bits per heavy atom. The molecule has 0 unspecified atom stereocenters. The van der Waals surface area contributed by atoms with E-state index in [-0.39, 0.29) is 5.41 Å². The van der Waals surface area contributed by atoms with Crippen molar-refractivity contribution in [1.29, 1.82) is 0 Å². The van der Waals surface area contributed by atoms with Crippen molar-refractivity contribution in [2.75, 3.05) is 5.73 Å². The monoisotopic (exact) mass is 217 g/mol. The summed E-state index contributed by atoms with van der Waals surface area (Å²) in [5, 5.41) is 2.95. The number of nitrogen functional groups attached to an aromatic ring is 1. The van der Waals surface area contributed by atoms with Gasteiger partial charge in [0.05, 0.1) is 5.41 Å². The maximum absolute atomic E-state index is 5.74. The number of nitrogens with two attached hydrogens (primary N) is 1. The summed E-state index contributed by atoms with van der Waals surface area (Å²) in [6.45, 7) is 0. The number of anilines is 1. The first-order valence-corrected chi connectivity index (χ1v) is 6.01. The van der Waals surface area contributed by atoms with Crippen LogP contribution in [0.3, 0.4) is 0 Å². The Morgan fingerprint density at radius 2 is 1.93 bits per heavy atom. The lowest BCUT2D eigenvalue weighted by Gasteiger charge is -2.10. The van der Waals surface area contributed by atoms with Gasteiger partial charge in [-0.2, -0.15) is 0 Å². The first kappa shape index (κ1) is 8.92. The van der Waals surface area contributed by atoms with Crippen molar-refractivity contribution in [3.63, 3.8) is 0 Å². The van der Waals surface area contributed by atoms with Crippen LogP contribution in [0.5, 0.6) is 0 Å². The van der Waals surface area contributed by atoms with Crippen molar-refractivity contribution in [2.24, 2.45) is 0 Å². The number of aromatic amines is 1. The summed E-state index contributed by atoms with van der Waals surface area (Å²) in [5.74, 6) is 0. The van der Waals surface area contributed by atoms with E-state index in [4.69, 9.17) is 5.73 Å². The molecule has 0 atom stereocenters. The third-order valence-electron chi connectivity index (χ3n) is 3.15. The predicted octanol–water partition coefficient (Wildman–Crippen LogP) is 2.22. The zero-order valence-electron chi connectivity index (χ0n) is 8.36. The summed E-state index contributed by atoms with van der Waals surface area (Å²) < 4.78 is 0. The molecule has 1 saturated carbocycles. The number of hydrogen-bond donors (Lipinski definition) is 1. The number of nitrogens with one attached hydrogen (secondary N) is 1. The molecule has 1 fully saturated rings. The maximum atomic E-state index is 5.74. The topological polar surface area (TPSA) is 40.2 Å². The molecule has 1 aliphatic rings. The van der Waals surface area contributed by atoms with Crippen LogP contribution in [0.4, 0.5) is 5.13 Å². The van der Waals surface area contributed by atoms with Crippen LogP contribution >= 0.6 is 11.3 Å². The fraction of sp³-hybridized carbons (Fsp3) is 0.250. The molecule has 1 aromatic carbocycles. The molecule has 0 bridgehead atoms. The summed E-state index contributed by atoms with van der Waals surface area (Å²) in [6, 6.07) is 10.7. The second kappa shape index (κ2) is 3.07. The first-order chi connectivity index (χ1) is 7.31. The Hall–Kier alpha value is -1.35. The molecule has 1 heterocycles. The van der Waals surface area contributed by atoms with Crippen molar-refractivity contribution in [3.05, 3.63) is 47.0 Å². The van der Waals surface area contributed by atoms with Gasteiger partial charge in [-0.05, 0) is 18.4 Å². The number of hydrogen-bond acceptors (Lipinski definition) is 2. The highest BCUT2D eigenvalue weighted by molar-refractivity contribution is 7.13. The molecular weight excluding hydrogens is 204 g/mol. The lowest BCUT2D eigenvalue weighted by Crippen LogP contribution is -2.20. The van der Waals surface area contributed by atoms with Crippen LogP contribution in [0, 0.1) is 0 Å². The number of H-pyrrole nitrogens is 1. The van der Waals surface area contributed by atoms with E-state index in [0.29, 0.717) is 0 Å². The van der Waals surface area contributed by atoms with Gasteiger partial charge in [0.25, 0.3) is 0 Å². The Morgan fingerprint density at radius 1 is 1.20 bits per heavy atom. The molecule has 1 aliphatic carbocycles. The van der Waals surface area contributed by atoms with Crippen molar-refractivity contribution >= 4 is 16.5 Å². The van der Waals surface area contributed by atoms with E-state index in [2.05, 4.69) is 40.7 Å². The second-order valence-corrected chi connectivity index (χ2v) is 5.00. The van der Waals surface area contributed by atoms with E-state index in [1.807, 2.05) is 0 Å². The van der Waals surface area contributed by atoms with Gasteiger partial charge in [0, 0.05) is 5.38 Å². The van der Waals surface area contributed by atoms with Crippen LogP contribution in [-0.2, 0) is 5.41 Å². The lowest BCUT2D eigenvalue weighted by atomic mass is 9.93. The zero-order chi connectivity index (χ0) is 10.3. The average Bonchev–Trinajstić information content (AvgIpc) is 2.98. The zero-order valence-corrected chi connectivity index (χ0v) is 9.18. The average molecular weight is 217 g/mol. The summed E-state index contributed by atoms with van der Waals surface area (Å²) in [4.78, 5) is 3.27. The number of benzene rings is 1. The lowest BCUT2D eigenvalue weighted by molar-refractivity contribution is -0.369.